The molecule has 162 valence electrons. The second kappa shape index (κ2) is 9.57. The fourth-order valence-corrected chi connectivity index (χ4v) is 4.96. The summed E-state index contributed by atoms with van der Waals surface area (Å²) < 4.78 is 39.1. The molecule has 3 rings (SSSR count). The van der Waals surface area contributed by atoms with Gasteiger partial charge in [0.2, 0.25) is 15.9 Å². The predicted molar refractivity (Wildman–Crippen MR) is 116 cm³/mol. The summed E-state index contributed by atoms with van der Waals surface area (Å²) in [6, 6.07) is 12.2. The maximum Gasteiger partial charge on any atom is 0.243 e. The Kier molecular flexibility index (Phi) is 7.10. The average molecular weight is 434 g/mol. The minimum absolute atomic E-state index is 0.118. The van der Waals surface area contributed by atoms with Crippen LogP contribution in [0.5, 0.6) is 0 Å². The van der Waals surface area contributed by atoms with Gasteiger partial charge in [-0.2, -0.15) is 0 Å². The van der Waals surface area contributed by atoms with E-state index in [9.17, 15) is 17.6 Å². The van der Waals surface area contributed by atoms with Gasteiger partial charge in [0.05, 0.1) is 11.9 Å². The molecule has 1 amide bonds. The highest BCUT2D eigenvalue weighted by molar-refractivity contribution is 7.92. The summed E-state index contributed by atoms with van der Waals surface area (Å²) in [7, 11) is -3.78. The molecule has 0 saturated carbocycles. The molecule has 30 heavy (non-hydrogen) atoms. The molecular formula is C22H28FN3O3S. The number of nitrogens with zero attached hydrogens (tertiary/aromatic N) is 2. The predicted octanol–water partition coefficient (Wildman–Crippen LogP) is 2.89. The maximum absolute atomic E-state index is 13.6. The zero-order valence-electron chi connectivity index (χ0n) is 17.3. The zero-order valence-corrected chi connectivity index (χ0v) is 18.2. The van der Waals surface area contributed by atoms with Crippen LogP contribution in [0.25, 0.3) is 0 Å². The Morgan fingerprint density at radius 2 is 1.80 bits per heavy atom. The number of hydrogen-bond donors (Lipinski definition) is 1. The van der Waals surface area contributed by atoms with Crippen molar-refractivity contribution in [2.45, 2.75) is 38.9 Å². The number of hydrogen-bond acceptors (Lipinski definition) is 4. The molecule has 1 atom stereocenters. The molecule has 0 bridgehead atoms. The molecule has 1 saturated heterocycles. The Balaban J connectivity index is 1.67. The van der Waals surface area contributed by atoms with Gasteiger partial charge in [0.25, 0.3) is 0 Å². The molecule has 1 N–H and O–H groups in total. The highest BCUT2D eigenvalue weighted by atomic mass is 32.2. The fraction of sp³-hybridized carbons (Fsp3) is 0.409. The lowest BCUT2D eigenvalue weighted by atomic mass is 10.1. The van der Waals surface area contributed by atoms with Crippen molar-refractivity contribution in [3.63, 3.8) is 0 Å². The molecule has 2 aromatic carbocycles. The van der Waals surface area contributed by atoms with E-state index >= 15 is 0 Å². The van der Waals surface area contributed by atoms with Crippen LogP contribution in [0, 0.1) is 5.82 Å². The van der Waals surface area contributed by atoms with Gasteiger partial charge in [0.1, 0.15) is 11.9 Å². The van der Waals surface area contributed by atoms with Gasteiger partial charge in [-0.15, -0.1) is 0 Å². The molecule has 1 heterocycles. The second-order valence-electron chi connectivity index (χ2n) is 7.74. The van der Waals surface area contributed by atoms with Crippen molar-refractivity contribution in [3.8, 4) is 0 Å². The summed E-state index contributed by atoms with van der Waals surface area (Å²) in [5, 5.41) is 2.80. The number of likely N-dealkylation sites (tertiary alicyclic amines) is 1. The van der Waals surface area contributed by atoms with Crippen LogP contribution in [0.4, 0.5) is 10.1 Å². The molecule has 0 spiro atoms. The van der Waals surface area contributed by atoms with Crippen molar-refractivity contribution < 1.29 is 17.6 Å². The van der Waals surface area contributed by atoms with Crippen LogP contribution in [-0.4, -0.2) is 44.6 Å². The van der Waals surface area contributed by atoms with Gasteiger partial charge < -0.3 is 5.32 Å². The van der Waals surface area contributed by atoms with Gasteiger partial charge in [-0.3, -0.25) is 14.0 Å². The summed E-state index contributed by atoms with van der Waals surface area (Å²) in [6.45, 7) is 4.89. The van der Waals surface area contributed by atoms with Crippen molar-refractivity contribution in [2.75, 3.05) is 23.7 Å². The highest BCUT2D eigenvalue weighted by Gasteiger charge is 2.29. The third-order valence-electron chi connectivity index (χ3n) is 5.21. The molecule has 8 heteroatoms. The van der Waals surface area contributed by atoms with Crippen molar-refractivity contribution in [3.05, 3.63) is 65.5 Å². The van der Waals surface area contributed by atoms with E-state index in [1.54, 1.807) is 0 Å². The lowest BCUT2D eigenvalue weighted by Crippen LogP contribution is -2.47. The lowest BCUT2D eigenvalue weighted by molar-refractivity contribution is -0.122. The number of benzene rings is 2. The fourth-order valence-electron chi connectivity index (χ4n) is 3.80. The largest absolute Gasteiger partial charge is 0.350 e. The first-order chi connectivity index (χ1) is 14.2. The van der Waals surface area contributed by atoms with Crippen molar-refractivity contribution in [1.82, 2.24) is 10.2 Å². The van der Waals surface area contributed by atoms with Crippen LogP contribution >= 0.6 is 0 Å². The summed E-state index contributed by atoms with van der Waals surface area (Å²) in [5.41, 5.74) is 2.26. The minimum Gasteiger partial charge on any atom is -0.350 e. The van der Waals surface area contributed by atoms with Crippen molar-refractivity contribution in [2.24, 2.45) is 0 Å². The monoisotopic (exact) mass is 433 g/mol. The normalized spacial score (nSPS) is 15.7. The van der Waals surface area contributed by atoms with Crippen LogP contribution < -0.4 is 9.62 Å². The van der Waals surface area contributed by atoms with Gasteiger partial charge in [-0.05, 0) is 62.2 Å². The molecule has 2 aromatic rings. The van der Waals surface area contributed by atoms with E-state index in [-0.39, 0.29) is 12.2 Å². The van der Waals surface area contributed by atoms with Crippen LogP contribution in [0.2, 0.25) is 0 Å². The quantitative estimate of drug-likeness (QED) is 0.695. The van der Waals surface area contributed by atoms with Crippen LogP contribution in [0.15, 0.2) is 48.5 Å². The Labute approximate surface area is 177 Å². The Hall–Kier alpha value is -2.45. The van der Waals surface area contributed by atoms with E-state index < -0.39 is 27.8 Å². The standard InChI is InChI=1S/C22H28FN3O3S/c1-17(26(30(2,28)29)21-10-6-9-20(23)14-21)22(27)24-15-18-7-5-8-19(13-18)16-25-11-3-4-12-25/h5-10,13-14,17H,3-4,11-12,15-16H2,1-2H3,(H,24,27)/t17-/m1/s1. The van der Waals surface area contributed by atoms with Crippen LogP contribution in [0.3, 0.4) is 0 Å². The molecule has 1 aliphatic rings. The smallest absolute Gasteiger partial charge is 0.243 e. The number of carbonyl (C=O) groups excluding carboxylic acids is 1. The van der Waals surface area contributed by atoms with E-state index in [1.165, 1.54) is 43.5 Å². The Morgan fingerprint density at radius 3 is 2.47 bits per heavy atom. The number of rotatable bonds is 8. The summed E-state index contributed by atoms with van der Waals surface area (Å²) in [4.78, 5) is 15.1. The molecule has 1 aliphatic heterocycles. The molecule has 0 unspecified atom stereocenters. The molecule has 0 aromatic heterocycles. The third kappa shape index (κ3) is 5.79. The first kappa shape index (κ1) is 22.2. The number of amides is 1. The van der Waals surface area contributed by atoms with Crippen molar-refractivity contribution >= 4 is 21.6 Å². The van der Waals surface area contributed by atoms with E-state index in [0.29, 0.717) is 0 Å². The minimum atomic E-state index is -3.78. The average Bonchev–Trinajstić information content (AvgIpc) is 3.18. The molecule has 0 radical (unpaired) electrons. The number of nitrogens with one attached hydrogen (secondary N) is 1. The Morgan fingerprint density at radius 1 is 1.13 bits per heavy atom. The maximum atomic E-state index is 13.6. The second-order valence-corrected chi connectivity index (χ2v) is 9.60. The first-order valence-electron chi connectivity index (χ1n) is 10.1. The summed E-state index contributed by atoms with van der Waals surface area (Å²) in [5.74, 6) is -1.02. The number of carbonyl (C=O) groups is 1. The van der Waals surface area contributed by atoms with Crippen molar-refractivity contribution in [1.29, 1.82) is 0 Å². The number of sulfonamides is 1. The van der Waals surface area contributed by atoms with Crippen LogP contribution in [0.1, 0.15) is 30.9 Å². The van der Waals surface area contributed by atoms with Gasteiger partial charge >= 0.3 is 0 Å². The summed E-state index contributed by atoms with van der Waals surface area (Å²) >= 11 is 0. The SMILES string of the molecule is C[C@H](C(=O)NCc1cccc(CN2CCCC2)c1)N(c1cccc(F)c1)S(C)(=O)=O. The summed E-state index contributed by atoms with van der Waals surface area (Å²) in [6.07, 6.45) is 3.47. The third-order valence-corrected chi connectivity index (χ3v) is 6.46. The van der Waals surface area contributed by atoms with Gasteiger partial charge in [0, 0.05) is 13.1 Å². The molecule has 0 aliphatic carbocycles. The van der Waals surface area contributed by atoms with Gasteiger partial charge in [-0.25, -0.2) is 12.8 Å². The number of anilines is 1. The molecular weight excluding hydrogens is 405 g/mol. The first-order valence-corrected chi connectivity index (χ1v) is 11.9. The highest BCUT2D eigenvalue weighted by Crippen LogP contribution is 2.22. The van der Waals surface area contributed by atoms with E-state index in [0.717, 1.165) is 41.8 Å². The lowest BCUT2D eigenvalue weighted by Gasteiger charge is -2.28. The van der Waals surface area contributed by atoms with Crippen LogP contribution in [-0.2, 0) is 27.9 Å². The zero-order chi connectivity index (χ0) is 21.7. The van der Waals surface area contributed by atoms with Gasteiger partial charge in [-0.1, -0.05) is 30.3 Å². The molecule has 6 nitrogen and oxygen atoms in total. The van der Waals surface area contributed by atoms with Gasteiger partial charge in [0.15, 0.2) is 0 Å². The topological polar surface area (TPSA) is 69.7 Å². The number of halogens is 1. The van der Waals surface area contributed by atoms with E-state index in [1.807, 2.05) is 12.1 Å². The van der Waals surface area contributed by atoms with E-state index in [4.69, 9.17) is 0 Å². The van der Waals surface area contributed by atoms with E-state index in [2.05, 4.69) is 22.3 Å². The molecule has 1 fully saturated rings. The Bertz CT molecular complexity index is 991.